The van der Waals surface area contributed by atoms with Crippen LogP contribution in [0.1, 0.15) is 32.6 Å². The van der Waals surface area contributed by atoms with Crippen molar-refractivity contribution in [1.82, 2.24) is 19.8 Å². The number of nitrogens with one attached hydrogen (secondary N) is 1. The Morgan fingerprint density at radius 1 is 1.42 bits per heavy atom. The van der Waals surface area contributed by atoms with Gasteiger partial charge in [0.1, 0.15) is 0 Å². The molecule has 0 spiro atoms. The van der Waals surface area contributed by atoms with Crippen LogP contribution in [0.3, 0.4) is 0 Å². The van der Waals surface area contributed by atoms with Crippen LogP contribution in [0.2, 0.25) is 0 Å². The number of hydrogen-bond donors (Lipinski definition) is 1. The first-order valence-corrected chi connectivity index (χ1v) is 8.88. The number of aryl methyl sites for hydroxylation is 1. The topological polar surface area (TPSA) is 70.5 Å². The van der Waals surface area contributed by atoms with Gasteiger partial charge in [-0.15, -0.1) is 0 Å². The van der Waals surface area contributed by atoms with Crippen molar-refractivity contribution in [3.8, 4) is 0 Å². The number of aromatic nitrogens is 2. The zero-order chi connectivity index (χ0) is 17.1. The van der Waals surface area contributed by atoms with Gasteiger partial charge in [-0.2, -0.15) is 0 Å². The summed E-state index contributed by atoms with van der Waals surface area (Å²) >= 11 is 0. The lowest BCUT2D eigenvalue weighted by Crippen LogP contribution is -2.51. The van der Waals surface area contributed by atoms with Crippen LogP contribution in [0.15, 0.2) is 17.2 Å². The molecule has 1 aromatic heterocycles. The van der Waals surface area contributed by atoms with E-state index in [1.54, 1.807) is 24.0 Å². The van der Waals surface area contributed by atoms with Crippen molar-refractivity contribution < 1.29 is 4.79 Å². The van der Waals surface area contributed by atoms with Crippen LogP contribution in [-0.2, 0) is 11.8 Å². The predicted octanol–water partition coefficient (Wildman–Crippen LogP) is 0.350. The highest BCUT2D eigenvalue weighted by Gasteiger charge is 2.30. The number of amides is 1. The molecule has 7 nitrogen and oxygen atoms in total. The smallest absolute Gasteiger partial charge is 0.293 e. The summed E-state index contributed by atoms with van der Waals surface area (Å²) in [6, 6.07) is 0.677. The molecule has 1 unspecified atom stereocenters. The van der Waals surface area contributed by atoms with E-state index < -0.39 is 0 Å². The van der Waals surface area contributed by atoms with E-state index in [-0.39, 0.29) is 17.5 Å². The maximum atomic E-state index is 12.3. The lowest BCUT2D eigenvalue weighted by atomic mass is 10.1. The first-order valence-electron chi connectivity index (χ1n) is 8.88. The van der Waals surface area contributed by atoms with Gasteiger partial charge in [-0.3, -0.25) is 14.5 Å². The van der Waals surface area contributed by atoms with Crippen LogP contribution in [0.4, 0.5) is 5.82 Å². The molecule has 1 amide bonds. The summed E-state index contributed by atoms with van der Waals surface area (Å²) in [6.07, 6.45) is 7.62. The summed E-state index contributed by atoms with van der Waals surface area (Å²) in [5, 5.41) is 3.14. The summed E-state index contributed by atoms with van der Waals surface area (Å²) in [5.74, 6) is 0.566. The molecule has 1 saturated carbocycles. The summed E-state index contributed by atoms with van der Waals surface area (Å²) in [7, 11) is 1.73. The molecule has 1 aliphatic heterocycles. The zero-order valence-corrected chi connectivity index (χ0v) is 14.6. The van der Waals surface area contributed by atoms with Crippen LogP contribution >= 0.6 is 0 Å². The highest BCUT2D eigenvalue weighted by atomic mass is 16.2. The molecule has 1 aliphatic carbocycles. The number of likely N-dealkylation sites (N-methyl/N-ethyl adjacent to an activating group) is 1. The fourth-order valence-electron chi connectivity index (χ4n) is 3.39. The number of nitrogens with zero attached hydrogens (tertiary/aromatic N) is 4. The van der Waals surface area contributed by atoms with Crippen molar-refractivity contribution in [2.24, 2.45) is 7.05 Å². The minimum absolute atomic E-state index is 0.0795. The summed E-state index contributed by atoms with van der Waals surface area (Å²) in [4.78, 5) is 33.0. The minimum Gasteiger partial charge on any atom is -0.350 e. The summed E-state index contributed by atoms with van der Waals surface area (Å²) < 4.78 is 1.54. The molecule has 3 rings (SSSR count). The van der Waals surface area contributed by atoms with Gasteiger partial charge in [0, 0.05) is 44.6 Å². The van der Waals surface area contributed by atoms with Crippen molar-refractivity contribution in [1.29, 1.82) is 0 Å². The average molecular weight is 333 g/mol. The molecule has 0 radical (unpaired) electrons. The second kappa shape index (κ2) is 7.34. The van der Waals surface area contributed by atoms with Gasteiger partial charge >= 0.3 is 0 Å². The first kappa shape index (κ1) is 17.0. The normalized spacial score (nSPS) is 21.1. The molecular weight excluding hydrogens is 306 g/mol. The van der Waals surface area contributed by atoms with Gasteiger partial charge in [-0.1, -0.05) is 6.92 Å². The van der Waals surface area contributed by atoms with E-state index in [1.165, 1.54) is 12.8 Å². The van der Waals surface area contributed by atoms with E-state index in [2.05, 4.69) is 22.1 Å². The van der Waals surface area contributed by atoms with E-state index in [9.17, 15) is 9.59 Å². The predicted molar refractivity (Wildman–Crippen MR) is 93.1 cm³/mol. The third-order valence-corrected chi connectivity index (χ3v) is 4.90. The van der Waals surface area contributed by atoms with Crippen molar-refractivity contribution in [2.75, 3.05) is 31.1 Å². The van der Waals surface area contributed by atoms with Crippen LogP contribution < -0.4 is 15.8 Å². The molecule has 132 valence electrons. The van der Waals surface area contributed by atoms with Crippen LogP contribution in [0, 0.1) is 0 Å². The fraction of sp³-hybridized carbons (Fsp3) is 0.706. The van der Waals surface area contributed by atoms with Crippen molar-refractivity contribution in [3.63, 3.8) is 0 Å². The number of rotatable bonds is 6. The number of hydrogen-bond acceptors (Lipinski definition) is 5. The Kier molecular flexibility index (Phi) is 5.18. The van der Waals surface area contributed by atoms with Crippen molar-refractivity contribution in [3.05, 3.63) is 22.7 Å². The Hall–Kier alpha value is -1.89. The van der Waals surface area contributed by atoms with E-state index in [0.29, 0.717) is 24.9 Å². The number of anilines is 1. The van der Waals surface area contributed by atoms with Crippen LogP contribution in [-0.4, -0.2) is 58.6 Å². The Morgan fingerprint density at radius 3 is 2.92 bits per heavy atom. The first-order chi connectivity index (χ1) is 11.6. The largest absolute Gasteiger partial charge is 0.350 e. The fourth-order valence-corrected chi connectivity index (χ4v) is 3.39. The maximum Gasteiger partial charge on any atom is 0.293 e. The van der Waals surface area contributed by atoms with E-state index in [4.69, 9.17) is 0 Å². The Morgan fingerprint density at radius 2 is 2.21 bits per heavy atom. The monoisotopic (exact) mass is 333 g/mol. The summed E-state index contributed by atoms with van der Waals surface area (Å²) in [6.45, 7) is 4.95. The van der Waals surface area contributed by atoms with Crippen molar-refractivity contribution in [2.45, 2.75) is 44.7 Å². The average Bonchev–Trinajstić information content (AvgIpc) is 3.40. The van der Waals surface area contributed by atoms with Gasteiger partial charge in [-0.05, 0) is 32.2 Å². The third kappa shape index (κ3) is 3.95. The molecule has 7 heteroatoms. The minimum atomic E-state index is -0.0876. The number of carbonyl (C=O) groups excluding carboxylic acids is 1. The Bertz CT molecular complexity index is 640. The van der Waals surface area contributed by atoms with Gasteiger partial charge in [0.15, 0.2) is 5.82 Å². The Balaban J connectivity index is 1.58. The molecule has 2 heterocycles. The molecule has 0 bridgehead atoms. The molecule has 1 saturated heterocycles. The molecule has 1 aromatic rings. The molecule has 2 fully saturated rings. The summed E-state index contributed by atoms with van der Waals surface area (Å²) in [5.41, 5.74) is -0.0876. The standard InChI is InChI=1S/C17H27N5O2/c1-3-21(14-6-7-14)12-15(23)19-13-5-4-9-22(11-13)16-17(24)20(2)10-8-18-16/h8,10,13-14H,3-7,9,11-12H2,1-2H3,(H,19,23). The van der Waals surface area contributed by atoms with Gasteiger partial charge in [-0.25, -0.2) is 4.98 Å². The lowest BCUT2D eigenvalue weighted by Gasteiger charge is -2.34. The molecular formula is C17H27N5O2. The zero-order valence-electron chi connectivity index (χ0n) is 14.6. The second-order valence-electron chi connectivity index (χ2n) is 6.81. The second-order valence-corrected chi connectivity index (χ2v) is 6.81. The quantitative estimate of drug-likeness (QED) is 0.813. The van der Waals surface area contributed by atoms with Crippen LogP contribution in [0.25, 0.3) is 0 Å². The van der Waals surface area contributed by atoms with Gasteiger partial charge < -0.3 is 14.8 Å². The molecule has 24 heavy (non-hydrogen) atoms. The van der Waals surface area contributed by atoms with Gasteiger partial charge in [0.05, 0.1) is 6.54 Å². The number of piperidine rings is 1. The molecule has 0 aromatic carbocycles. The van der Waals surface area contributed by atoms with Gasteiger partial charge in [0.2, 0.25) is 5.91 Å². The maximum absolute atomic E-state index is 12.3. The van der Waals surface area contributed by atoms with E-state index in [0.717, 1.165) is 25.9 Å². The molecule has 1 atom stereocenters. The highest BCUT2D eigenvalue weighted by Crippen LogP contribution is 2.26. The lowest BCUT2D eigenvalue weighted by molar-refractivity contribution is -0.123. The molecule has 2 aliphatic rings. The van der Waals surface area contributed by atoms with Crippen LogP contribution in [0.5, 0.6) is 0 Å². The van der Waals surface area contributed by atoms with Crippen molar-refractivity contribution >= 4 is 11.7 Å². The SMILES string of the molecule is CCN(CC(=O)NC1CCCN(c2nccn(C)c2=O)C1)C1CC1. The molecule has 1 N–H and O–H groups in total. The van der Waals surface area contributed by atoms with Gasteiger partial charge in [0.25, 0.3) is 5.56 Å². The highest BCUT2D eigenvalue weighted by molar-refractivity contribution is 5.78. The Labute approximate surface area is 142 Å². The third-order valence-electron chi connectivity index (χ3n) is 4.90. The van der Waals surface area contributed by atoms with E-state index in [1.807, 2.05) is 4.90 Å². The van der Waals surface area contributed by atoms with E-state index >= 15 is 0 Å². The number of carbonyl (C=O) groups is 1.